The van der Waals surface area contributed by atoms with Crippen molar-refractivity contribution in [2.24, 2.45) is 0 Å². The monoisotopic (exact) mass is 346 g/mol. The standard InChI is InChI=1S/C17H19ClN4O2/c18-9-1-3-14-12(7-9)11(5-6-20-14)17(24)22-16(19)13-8-10(23)2-4-15(13)21-22/h1,3,7,10-11,20,23H,2,4-6,8,19H2/t10-,11+/m1/s1. The maximum atomic E-state index is 13.1. The van der Waals surface area contributed by atoms with Crippen molar-refractivity contribution in [3.63, 3.8) is 0 Å². The Labute approximate surface area is 144 Å². The van der Waals surface area contributed by atoms with Crippen LogP contribution >= 0.6 is 11.6 Å². The van der Waals surface area contributed by atoms with Gasteiger partial charge in [0.25, 0.3) is 5.91 Å². The quantitative estimate of drug-likeness (QED) is 0.736. The zero-order chi connectivity index (χ0) is 16.8. The summed E-state index contributed by atoms with van der Waals surface area (Å²) in [5.74, 6) is -0.106. The molecule has 0 fully saturated rings. The molecule has 4 rings (SSSR count). The van der Waals surface area contributed by atoms with E-state index in [1.165, 1.54) is 4.68 Å². The van der Waals surface area contributed by atoms with Crippen molar-refractivity contribution < 1.29 is 9.90 Å². The molecule has 126 valence electrons. The minimum absolute atomic E-state index is 0.138. The molecule has 1 aromatic heterocycles. The number of rotatable bonds is 1. The molecule has 1 aromatic carbocycles. The van der Waals surface area contributed by atoms with Crippen molar-refractivity contribution in [1.29, 1.82) is 0 Å². The van der Waals surface area contributed by atoms with Gasteiger partial charge in [-0.3, -0.25) is 4.79 Å². The van der Waals surface area contributed by atoms with Crippen molar-refractivity contribution in [2.45, 2.75) is 37.7 Å². The summed E-state index contributed by atoms with van der Waals surface area (Å²) in [5, 5.41) is 18.2. The average Bonchev–Trinajstić information content (AvgIpc) is 2.90. The Morgan fingerprint density at radius 3 is 3.08 bits per heavy atom. The second-order valence-electron chi connectivity index (χ2n) is 6.46. The molecule has 0 amide bonds. The van der Waals surface area contributed by atoms with Crippen LogP contribution in [0.4, 0.5) is 11.5 Å². The van der Waals surface area contributed by atoms with Crippen LogP contribution in [0.1, 0.15) is 40.4 Å². The van der Waals surface area contributed by atoms with Crippen LogP contribution < -0.4 is 11.1 Å². The molecule has 2 heterocycles. The smallest absolute Gasteiger partial charge is 0.256 e. The van der Waals surface area contributed by atoms with Crippen molar-refractivity contribution >= 4 is 29.0 Å². The summed E-state index contributed by atoms with van der Waals surface area (Å²) in [4.78, 5) is 13.1. The van der Waals surface area contributed by atoms with Gasteiger partial charge in [-0.2, -0.15) is 9.78 Å². The summed E-state index contributed by atoms with van der Waals surface area (Å²) in [7, 11) is 0. The predicted molar refractivity (Wildman–Crippen MR) is 92.6 cm³/mol. The van der Waals surface area contributed by atoms with Crippen LogP contribution in [0.3, 0.4) is 0 Å². The van der Waals surface area contributed by atoms with Crippen molar-refractivity contribution in [3.05, 3.63) is 40.0 Å². The lowest BCUT2D eigenvalue weighted by molar-refractivity contribution is 0.0859. The Hall–Kier alpha value is -2.05. The molecule has 2 aliphatic rings. The number of halogens is 1. The zero-order valence-corrected chi connectivity index (χ0v) is 13.9. The number of nitrogens with two attached hydrogens (primary N) is 1. The number of benzene rings is 1. The summed E-state index contributed by atoms with van der Waals surface area (Å²) in [6, 6.07) is 5.53. The average molecular weight is 347 g/mol. The molecule has 6 nitrogen and oxygen atoms in total. The highest BCUT2D eigenvalue weighted by Gasteiger charge is 2.32. The molecule has 0 saturated carbocycles. The normalized spacial score (nSPS) is 22.4. The molecular weight excluding hydrogens is 328 g/mol. The van der Waals surface area contributed by atoms with Crippen LogP contribution in [-0.4, -0.2) is 33.4 Å². The number of nitrogens with one attached hydrogen (secondary N) is 1. The van der Waals surface area contributed by atoms with Crippen molar-refractivity contribution in [2.75, 3.05) is 17.6 Å². The van der Waals surface area contributed by atoms with E-state index in [0.717, 1.165) is 22.5 Å². The third-order valence-corrected chi connectivity index (χ3v) is 5.14. The number of nitrogen functional groups attached to an aromatic ring is 1. The highest BCUT2D eigenvalue weighted by molar-refractivity contribution is 6.30. The minimum Gasteiger partial charge on any atom is -0.393 e. The zero-order valence-electron chi connectivity index (χ0n) is 13.1. The van der Waals surface area contributed by atoms with Gasteiger partial charge < -0.3 is 16.2 Å². The van der Waals surface area contributed by atoms with Crippen molar-refractivity contribution in [1.82, 2.24) is 9.78 Å². The summed E-state index contributed by atoms with van der Waals surface area (Å²) in [6.45, 7) is 0.713. The van der Waals surface area contributed by atoms with E-state index in [1.807, 2.05) is 18.2 Å². The Balaban J connectivity index is 1.72. The minimum atomic E-state index is -0.411. The summed E-state index contributed by atoms with van der Waals surface area (Å²) >= 11 is 6.11. The van der Waals surface area contributed by atoms with Gasteiger partial charge in [0, 0.05) is 29.2 Å². The van der Waals surface area contributed by atoms with E-state index < -0.39 is 6.10 Å². The number of hydrogen-bond donors (Lipinski definition) is 3. The third kappa shape index (κ3) is 2.46. The lowest BCUT2D eigenvalue weighted by Crippen LogP contribution is -2.28. The van der Waals surface area contributed by atoms with Crippen molar-refractivity contribution in [3.8, 4) is 0 Å². The molecule has 0 unspecified atom stereocenters. The molecule has 1 aliphatic heterocycles. The van der Waals surface area contributed by atoms with Crippen LogP contribution in [0.15, 0.2) is 18.2 Å². The van der Waals surface area contributed by atoms with E-state index in [9.17, 15) is 9.90 Å². The Morgan fingerprint density at radius 1 is 1.42 bits per heavy atom. The van der Waals surface area contributed by atoms with Gasteiger partial charge in [-0.25, -0.2) is 0 Å². The van der Waals surface area contributed by atoms with E-state index in [0.29, 0.717) is 43.1 Å². The van der Waals surface area contributed by atoms with Gasteiger partial charge in [0.1, 0.15) is 5.82 Å². The molecule has 0 bridgehead atoms. The summed E-state index contributed by atoms with van der Waals surface area (Å²) in [5.41, 5.74) is 9.61. The number of aliphatic hydroxyl groups is 1. The second kappa shape index (κ2) is 5.79. The third-order valence-electron chi connectivity index (χ3n) is 4.90. The largest absolute Gasteiger partial charge is 0.393 e. The molecule has 0 spiro atoms. The maximum Gasteiger partial charge on any atom is 0.256 e. The van der Waals surface area contributed by atoms with Gasteiger partial charge in [-0.1, -0.05) is 11.6 Å². The number of carbonyl (C=O) groups excluding carboxylic acids is 1. The fourth-order valence-electron chi connectivity index (χ4n) is 3.64. The Bertz CT molecular complexity index is 817. The molecule has 0 saturated heterocycles. The maximum absolute atomic E-state index is 13.1. The first-order valence-electron chi connectivity index (χ1n) is 8.16. The first-order valence-corrected chi connectivity index (χ1v) is 8.54. The number of aliphatic hydroxyl groups excluding tert-OH is 1. The topological polar surface area (TPSA) is 93.2 Å². The molecule has 2 atom stereocenters. The number of aromatic nitrogens is 2. The number of fused-ring (bicyclic) bond motifs is 2. The number of aryl methyl sites for hydroxylation is 1. The lowest BCUT2D eigenvalue weighted by Gasteiger charge is -2.26. The van der Waals surface area contributed by atoms with Gasteiger partial charge >= 0.3 is 0 Å². The van der Waals surface area contributed by atoms with E-state index >= 15 is 0 Å². The van der Waals surface area contributed by atoms with E-state index in [1.54, 1.807) is 0 Å². The fraction of sp³-hybridized carbons (Fsp3) is 0.412. The van der Waals surface area contributed by atoms with E-state index in [4.69, 9.17) is 17.3 Å². The molecule has 1 aliphatic carbocycles. The molecule has 4 N–H and O–H groups in total. The Kier molecular flexibility index (Phi) is 3.73. The van der Waals surface area contributed by atoms with Gasteiger partial charge in [-0.15, -0.1) is 0 Å². The SMILES string of the molecule is Nc1c2c(nn1C(=O)[C@H]1CCNc3ccc(Cl)cc31)CC[C@@H](O)C2. The van der Waals surface area contributed by atoms with Crippen LogP contribution in [0.5, 0.6) is 0 Å². The van der Waals surface area contributed by atoms with Gasteiger partial charge in [0.05, 0.1) is 17.7 Å². The summed E-state index contributed by atoms with van der Waals surface area (Å²) in [6.07, 6.45) is 2.02. The second-order valence-corrected chi connectivity index (χ2v) is 6.89. The van der Waals surface area contributed by atoms with Crippen LogP contribution in [0.25, 0.3) is 0 Å². The predicted octanol–water partition coefficient (Wildman–Crippen LogP) is 2.21. The van der Waals surface area contributed by atoms with Gasteiger partial charge in [-0.05, 0) is 43.0 Å². The fourth-order valence-corrected chi connectivity index (χ4v) is 3.82. The molecule has 7 heteroatoms. The molecule has 2 aromatic rings. The van der Waals surface area contributed by atoms with Crippen LogP contribution in [-0.2, 0) is 12.8 Å². The van der Waals surface area contributed by atoms with Gasteiger partial charge in [0.15, 0.2) is 0 Å². The van der Waals surface area contributed by atoms with E-state index in [2.05, 4.69) is 10.4 Å². The first-order chi connectivity index (χ1) is 11.5. The molecule has 0 radical (unpaired) electrons. The van der Waals surface area contributed by atoms with Crippen LogP contribution in [0.2, 0.25) is 5.02 Å². The molecule has 24 heavy (non-hydrogen) atoms. The highest BCUT2D eigenvalue weighted by atomic mass is 35.5. The number of carbonyl (C=O) groups is 1. The van der Waals surface area contributed by atoms with E-state index in [-0.39, 0.29) is 11.8 Å². The van der Waals surface area contributed by atoms with Crippen LogP contribution in [0, 0.1) is 0 Å². The number of anilines is 2. The highest BCUT2D eigenvalue weighted by Crippen LogP contribution is 2.36. The lowest BCUT2D eigenvalue weighted by atomic mass is 9.90. The Morgan fingerprint density at radius 2 is 2.25 bits per heavy atom. The number of nitrogens with zero attached hydrogens (tertiary/aromatic N) is 2. The van der Waals surface area contributed by atoms with Gasteiger partial charge in [0.2, 0.25) is 0 Å². The summed E-state index contributed by atoms with van der Waals surface area (Å²) < 4.78 is 1.32. The number of hydrogen-bond acceptors (Lipinski definition) is 5. The first kappa shape index (κ1) is 15.5. The molecular formula is C17H19ClN4O2.